The first-order valence-electron chi connectivity index (χ1n) is 12.0. The Morgan fingerprint density at radius 1 is 0.974 bits per heavy atom. The van der Waals surface area contributed by atoms with Crippen molar-refractivity contribution in [1.82, 2.24) is 9.99 Å². The van der Waals surface area contributed by atoms with Crippen LogP contribution in [0.3, 0.4) is 0 Å². The second-order valence-electron chi connectivity index (χ2n) is 9.05. The maximum atomic E-state index is 13.4. The van der Waals surface area contributed by atoms with E-state index in [1.165, 1.54) is 29.8 Å². The van der Waals surface area contributed by atoms with Crippen LogP contribution in [-0.4, -0.2) is 31.7 Å². The highest BCUT2D eigenvalue weighted by Crippen LogP contribution is 2.25. The van der Waals surface area contributed by atoms with Crippen molar-refractivity contribution in [2.45, 2.75) is 32.6 Å². The molecule has 0 radical (unpaired) electrons. The van der Waals surface area contributed by atoms with Gasteiger partial charge in [0, 0.05) is 27.7 Å². The summed E-state index contributed by atoms with van der Waals surface area (Å²) in [7, 11) is -4.03. The number of carbonyl (C=O) groups is 1. The van der Waals surface area contributed by atoms with Crippen LogP contribution in [0.1, 0.15) is 28.1 Å². The van der Waals surface area contributed by atoms with E-state index in [4.69, 9.17) is 11.6 Å². The number of aryl methyl sites for hydroxylation is 3. The Morgan fingerprint density at radius 3 is 2.32 bits per heavy atom. The van der Waals surface area contributed by atoms with Crippen molar-refractivity contribution in [3.8, 4) is 5.69 Å². The molecule has 7 nitrogen and oxygen atoms in total. The maximum Gasteiger partial charge on any atom is 0.264 e. The summed E-state index contributed by atoms with van der Waals surface area (Å²) >= 11 is 5.93. The van der Waals surface area contributed by atoms with E-state index in [9.17, 15) is 13.2 Å². The zero-order valence-corrected chi connectivity index (χ0v) is 23.2. The standard InChI is InChI=1S/C29H29ClN4O3S/c1-20-10-15-28(21(2)16-20)34-22(3)17-24(23(34)4)18-31-32-29(35)19-33(26-8-6-5-7-9-26)38(36,37)27-13-11-25(30)12-14-27/h5-18H,19H2,1-4H3,(H,32,35)/b31-18-. The molecule has 0 fully saturated rings. The predicted molar refractivity (Wildman–Crippen MR) is 153 cm³/mol. The SMILES string of the molecule is Cc1ccc(-n2c(C)cc(/C=N\NC(=O)CN(c3ccccc3)S(=O)(=O)c3ccc(Cl)cc3)c2C)c(C)c1. The number of hydrogen-bond acceptors (Lipinski definition) is 4. The van der Waals surface area contributed by atoms with Gasteiger partial charge in [-0.15, -0.1) is 0 Å². The van der Waals surface area contributed by atoms with Crippen LogP contribution in [0.15, 0.2) is 88.9 Å². The Bertz CT molecular complexity index is 1600. The summed E-state index contributed by atoms with van der Waals surface area (Å²) in [6, 6.07) is 22.6. The average molecular weight is 549 g/mol. The number of anilines is 1. The summed E-state index contributed by atoms with van der Waals surface area (Å²) < 4.78 is 30.0. The van der Waals surface area contributed by atoms with Crippen LogP contribution in [0.25, 0.3) is 5.69 Å². The molecule has 9 heteroatoms. The number of para-hydroxylation sites is 1. The van der Waals surface area contributed by atoms with Crippen LogP contribution in [0, 0.1) is 27.7 Å². The Hall–Kier alpha value is -3.88. The number of nitrogens with zero attached hydrogens (tertiary/aromatic N) is 3. The fourth-order valence-electron chi connectivity index (χ4n) is 4.33. The van der Waals surface area contributed by atoms with E-state index in [0.717, 1.165) is 32.5 Å². The van der Waals surface area contributed by atoms with Gasteiger partial charge in [0.1, 0.15) is 6.54 Å². The normalized spacial score (nSPS) is 11.6. The summed E-state index contributed by atoms with van der Waals surface area (Å²) in [4.78, 5) is 12.9. The molecule has 38 heavy (non-hydrogen) atoms. The van der Waals surface area contributed by atoms with Crippen molar-refractivity contribution in [1.29, 1.82) is 0 Å². The third kappa shape index (κ3) is 5.82. The smallest absolute Gasteiger partial charge is 0.264 e. The van der Waals surface area contributed by atoms with E-state index in [0.29, 0.717) is 10.7 Å². The topological polar surface area (TPSA) is 83.8 Å². The van der Waals surface area contributed by atoms with E-state index in [2.05, 4.69) is 47.1 Å². The number of rotatable bonds is 8. The molecule has 0 aliphatic heterocycles. The number of sulfonamides is 1. The van der Waals surface area contributed by atoms with Crippen LogP contribution in [-0.2, 0) is 14.8 Å². The summed E-state index contributed by atoms with van der Waals surface area (Å²) in [5, 5.41) is 4.54. The van der Waals surface area contributed by atoms with Gasteiger partial charge in [-0.25, -0.2) is 13.8 Å². The molecule has 0 aliphatic carbocycles. The van der Waals surface area contributed by atoms with E-state index in [1.807, 2.05) is 19.9 Å². The number of amides is 1. The monoisotopic (exact) mass is 548 g/mol. The van der Waals surface area contributed by atoms with Gasteiger partial charge in [-0.3, -0.25) is 9.10 Å². The largest absolute Gasteiger partial charge is 0.318 e. The lowest BCUT2D eigenvalue weighted by atomic mass is 10.1. The van der Waals surface area contributed by atoms with Gasteiger partial charge in [-0.1, -0.05) is 47.5 Å². The van der Waals surface area contributed by atoms with Crippen molar-refractivity contribution in [3.05, 3.63) is 112 Å². The Kier molecular flexibility index (Phi) is 8.04. The van der Waals surface area contributed by atoms with Crippen molar-refractivity contribution >= 4 is 39.4 Å². The molecule has 1 aromatic heterocycles. The molecular formula is C29H29ClN4O3S. The van der Waals surface area contributed by atoms with Gasteiger partial charge in [0.05, 0.1) is 16.8 Å². The lowest BCUT2D eigenvalue weighted by Gasteiger charge is -2.23. The fraction of sp³-hybridized carbons (Fsp3) is 0.172. The van der Waals surface area contributed by atoms with Crippen molar-refractivity contribution in [2.24, 2.45) is 5.10 Å². The molecule has 4 aromatic rings. The number of halogens is 1. The second-order valence-corrected chi connectivity index (χ2v) is 11.3. The fourth-order valence-corrected chi connectivity index (χ4v) is 5.87. The van der Waals surface area contributed by atoms with Crippen molar-refractivity contribution in [3.63, 3.8) is 0 Å². The molecule has 0 unspecified atom stereocenters. The Balaban J connectivity index is 1.54. The summed E-state index contributed by atoms with van der Waals surface area (Å²) in [6.07, 6.45) is 1.57. The van der Waals surface area contributed by atoms with Gasteiger partial charge in [0.15, 0.2) is 0 Å². The van der Waals surface area contributed by atoms with Gasteiger partial charge >= 0.3 is 0 Å². The number of hydrazone groups is 1. The zero-order valence-electron chi connectivity index (χ0n) is 21.6. The first-order valence-corrected chi connectivity index (χ1v) is 13.8. The molecule has 1 amide bonds. The van der Waals surface area contributed by atoms with Crippen LogP contribution in [0.2, 0.25) is 5.02 Å². The van der Waals surface area contributed by atoms with E-state index < -0.39 is 22.5 Å². The Morgan fingerprint density at radius 2 is 1.66 bits per heavy atom. The lowest BCUT2D eigenvalue weighted by molar-refractivity contribution is -0.119. The maximum absolute atomic E-state index is 13.4. The minimum absolute atomic E-state index is 0.0286. The summed E-state index contributed by atoms with van der Waals surface area (Å²) in [5.74, 6) is -0.578. The third-order valence-corrected chi connectivity index (χ3v) is 8.23. The molecule has 0 aliphatic rings. The molecule has 1 N–H and O–H groups in total. The zero-order chi connectivity index (χ0) is 27.4. The average Bonchev–Trinajstić information content (AvgIpc) is 3.16. The number of aromatic nitrogens is 1. The highest BCUT2D eigenvalue weighted by Gasteiger charge is 2.27. The summed E-state index contributed by atoms with van der Waals surface area (Å²) in [5.41, 5.74) is 9.12. The quantitative estimate of drug-likeness (QED) is 0.226. The van der Waals surface area contributed by atoms with Crippen molar-refractivity contribution < 1.29 is 13.2 Å². The first-order chi connectivity index (χ1) is 18.1. The number of carbonyl (C=O) groups excluding carboxylic acids is 1. The van der Waals surface area contributed by atoms with Gasteiger partial charge in [-0.05, 0) is 81.8 Å². The molecular weight excluding hydrogens is 520 g/mol. The summed E-state index contributed by atoms with van der Waals surface area (Å²) in [6.45, 7) is 7.69. The number of hydrogen-bond donors (Lipinski definition) is 1. The van der Waals surface area contributed by atoms with Crippen LogP contribution in [0.4, 0.5) is 5.69 Å². The minimum atomic E-state index is -4.03. The van der Waals surface area contributed by atoms with Crippen LogP contribution < -0.4 is 9.73 Å². The number of benzene rings is 3. The highest BCUT2D eigenvalue weighted by atomic mass is 35.5. The van der Waals surface area contributed by atoms with E-state index >= 15 is 0 Å². The molecule has 1 heterocycles. The van der Waals surface area contributed by atoms with Gasteiger partial charge in [-0.2, -0.15) is 5.10 Å². The van der Waals surface area contributed by atoms with Gasteiger partial charge in [0.2, 0.25) is 0 Å². The third-order valence-electron chi connectivity index (χ3n) is 6.19. The van der Waals surface area contributed by atoms with Gasteiger partial charge in [0.25, 0.3) is 15.9 Å². The van der Waals surface area contributed by atoms with Crippen LogP contribution in [0.5, 0.6) is 0 Å². The molecule has 0 saturated heterocycles. The van der Waals surface area contributed by atoms with Crippen LogP contribution >= 0.6 is 11.6 Å². The van der Waals surface area contributed by atoms with Gasteiger partial charge < -0.3 is 4.57 Å². The lowest BCUT2D eigenvalue weighted by Crippen LogP contribution is -2.39. The van der Waals surface area contributed by atoms with E-state index in [-0.39, 0.29) is 4.90 Å². The molecule has 196 valence electrons. The Labute approximate surface area is 228 Å². The number of nitrogens with one attached hydrogen (secondary N) is 1. The molecule has 0 spiro atoms. The molecule has 0 bridgehead atoms. The minimum Gasteiger partial charge on any atom is -0.318 e. The van der Waals surface area contributed by atoms with Crippen molar-refractivity contribution in [2.75, 3.05) is 10.8 Å². The second kappa shape index (κ2) is 11.2. The first kappa shape index (κ1) is 27.2. The highest BCUT2D eigenvalue weighted by molar-refractivity contribution is 7.92. The van der Waals surface area contributed by atoms with E-state index in [1.54, 1.807) is 36.5 Å². The molecule has 0 saturated carbocycles. The predicted octanol–water partition coefficient (Wildman–Crippen LogP) is 5.71. The molecule has 0 atom stereocenters. The molecule has 3 aromatic carbocycles. The molecule has 4 rings (SSSR count).